The van der Waals surface area contributed by atoms with Crippen molar-refractivity contribution >= 4 is 63.1 Å². The summed E-state index contributed by atoms with van der Waals surface area (Å²) in [6.07, 6.45) is 0. The van der Waals surface area contributed by atoms with Crippen LogP contribution in [0.1, 0.15) is 49.9 Å². The summed E-state index contributed by atoms with van der Waals surface area (Å²) in [6.45, 7) is 10.8. The molecular formula is C23H28Cl2N4O3S. The quantitative estimate of drug-likeness (QED) is 0.502. The number of carbonyl (C=O) groups excluding carboxylic acids is 3. The molecule has 1 fully saturated rings. The van der Waals surface area contributed by atoms with Gasteiger partial charge >= 0.3 is 6.03 Å². The van der Waals surface area contributed by atoms with Crippen LogP contribution in [-0.4, -0.2) is 42.4 Å². The monoisotopic (exact) mass is 510 g/mol. The van der Waals surface area contributed by atoms with Crippen LogP contribution in [0.4, 0.5) is 15.5 Å². The van der Waals surface area contributed by atoms with E-state index >= 15 is 0 Å². The predicted molar refractivity (Wildman–Crippen MR) is 135 cm³/mol. The molecule has 1 saturated heterocycles. The Morgan fingerprint density at radius 1 is 1.18 bits per heavy atom. The molecule has 3 rings (SSSR count). The summed E-state index contributed by atoms with van der Waals surface area (Å²) >= 11 is 13.6. The average Bonchev–Trinajstić information content (AvgIpc) is 3.08. The number of thiophene rings is 1. The van der Waals surface area contributed by atoms with E-state index in [1.807, 2.05) is 40.7 Å². The van der Waals surface area contributed by atoms with Crippen LogP contribution in [0.2, 0.25) is 10.0 Å². The second-order valence-electron chi connectivity index (χ2n) is 9.65. The normalized spacial score (nSPS) is 16.1. The van der Waals surface area contributed by atoms with E-state index < -0.39 is 11.4 Å². The Kier molecular flexibility index (Phi) is 7.31. The van der Waals surface area contributed by atoms with Gasteiger partial charge in [-0.25, -0.2) is 4.79 Å². The van der Waals surface area contributed by atoms with Gasteiger partial charge in [-0.1, -0.05) is 50.0 Å². The second-order valence-corrected chi connectivity index (χ2v) is 11.5. The van der Waals surface area contributed by atoms with Crippen molar-refractivity contribution in [2.45, 2.75) is 40.0 Å². The van der Waals surface area contributed by atoms with Crippen LogP contribution >= 0.6 is 34.5 Å². The number of hydrogen-bond acceptors (Lipinski definition) is 4. The van der Waals surface area contributed by atoms with Crippen LogP contribution in [0.25, 0.3) is 0 Å². The number of rotatable bonds is 3. The fourth-order valence-electron chi connectivity index (χ4n) is 3.38. The maximum Gasteiger partial charge on any atom is 0.324 e. The van der Waals surface area contributed by atoms with Gasteiger partial charge in [0.25, 0.3) is 5.91 Å². The van der Waals surface area contributed by atoms with E-state index in [2.05, 4.69) is 16.0 Å². The molecule has 1 aromatic carbocycles. The molecule has 1 aliphatic heterocycles. The highest BCUT2D eigenvalue weighted by molar-refractivity contribution is 7.16. The first-order chi connectivity index (χ1) is 15.3. The number of hydrogen-bond donors (Lipinski definition) is 3. The lowest BCUT2D eigenvalue weighted by molar-refractivity contribution is -0.128. The van der Waals surface area contributed by atoms with Crippen LogP contribution in [0.5, 0.6) is 0 Å². The third-order valence-corrected chi connectivity index (χ3v) is 7.58. The number of benzene rings is 1. The first-order valence-electron chi connectivity index (χ1n) is 10.5. The number of nitrogens with zero attached hydrogens (tertiary/aromatic N) is 1. The molecular weight excluding hydrogens is 483 g/mol. The van der Waals surface area contributed by atoms with Gasteiger partial charge in [-0.05, 0) is 37.5 Å². The summed E-state index contributed by atoms with van der Waals surface area (Å²) in [5.74, 6) is -0.322. The van der Waals surface area contributed by atoms with E-state index in [-0.39, 0.29) is 28.8 Å². The number of nitrogens with one attached hydrogen (secondary N) is 3. The van der Waals surface area contributed by atoms with Crippen molar-refractivity contribution in [2.75, 3.05) is 30.3 Å². The molecule has 1 aromatic heterocycles. The Morgan fingerprint density at radius 2 is 1.88 bits per heavy atom. The molecule has 2 aromatic rings. The van der Waals surface area contributed by atoms with Gasteiger partial charge in [0.15, 0.2) is 0 Å². The van der Waals surface area contributed by atoms with Crippen LogP contribution in [0.15, 0.2) is 24.3 Å². The molecule has 178 valence electrons. The number of halogens is 2. The molecule has 0 saturated carbocycles. The molecule has 0 bridgehead atoms. The maximum atomic E-state index is 13.5. The predicted octanol–water partition coefficient (Wildman–Crippen LogP) is 5.59. The van der Waals surface area contributed by atoms with Crippen LogP contribution < -0.4 is 16.0 Å². The molecule has 0 atom stereocenters. The molecule has 0 spiro atoms. The van der Waals surface area contributed by atoms with E-state index in [1.54, 1.807) is 23.1 Å². The van der Waals surface area contributed by atoms with Crippen LogP contribution in [0, 0.1) is 5.41 Å². The minimum Gasteiger partial charge on any atom is -0.354 e. The van der Waals surface area contributed by atoms with Crippen molar-refractivity contribution in [3.05, 3.63) is 44.8 Å². The first kappa shape index (κ1) is 25.3. The van der Waals surface area contributed by atoms with E-state index in [0.717, 1.165) is 4.88 Å². The van der Waals surface area contributed by atoms with Gasteiger partial charge in [0.1, 0.15) is 5.00 Å². The first-order valence-corrected chi connectivity index (χ1v) is 12.1. The summed E-state index contributed by atoms with van der Waals surface area (Å²) in [5, 5.41) is 9.32. The summed E-state index contributed by atoms with van der Waals surface area (Å²) in [5.41, 5.74) is -0.186. The van der Waals surface area contributed by atoms with E-state index in [1.165, 1.54) is 11.3 Å². The van der Waals surface area contributed by atoms with Crippen molar-refractivity contribution in [1.82, 2.24) is 10.2 Å². The Hall–Kier alpha value is -2.29. The molecule has 0 unspecified atom stereocenters. The Balaban J connectivity index is 1.89. The lowest BCUT2D eigenvalue weighted by atomic mass is 9.91. The highest BCUT2D eigenvalue weighted by Crippen LogP contribution is 2.37. The third-order valence-electron chi connectivity index (χ3n) is 5.28. The second kappa shape index (κ2) is 9.52. The zero-order chi connectivity index (χ0) is 24.6. The fourth-order valence-corrected chi connectivity index (χ4v) is 4.84. The smallest absolute Gasteiger partial charge is 0.324 e. The molecule has 7 nitrogen and oxygen atoms in total. The van der Waals surface area contributed by atoms with Crippen molar-refractivity contribution in [3.63, 3.8) is 0 Å². The topological polar surface area (TPSA) is 90.5 Å². The summed E-state index contributed by atoms with van der Waals surface area (Å²) in [4.78, 5) is 41.2. The standard InChI is InChI=1S/C23H28Cl2N4O3S/c1-22(2,3)16-11-13(19(30)29-10-9-26-20(31)23(4,5)12-29)18(33-16)28-21(32)27-15-8-6-7-14(24)17(15)25/h6-8,11H,9-10,12H2,1-5H3,(H,26,31)(H2,27,28,32). The van der Waals surface area contributed by atoms with Gasteiger partial charge in [-0.2, -0.15) is 0 Å². The van der Waals surface area contributed by atoms with Gasteiger partial charge in [0, 0.05) is 24.5 Å². The van der Waals surface area contributed by atoms with Gasteiger partial charge in [0.2, 0.25) is 5.91 Å². The average molecular weight is 511 g/mol. The Morgan fingerprint density at radius 3 is 2.55 bits per heavy atom. The largest absolute Gasteiger partial charge is 0.354 e. The molecule has 3 N–H and O–H groups in total. The Labute approximate surface area is 207 Å². The number of urea groups is 1. The van der Waals surface area contributed by atoms with Crippen LogP contribution in [-0.2, 0) is 10.2 Å². The fraction of sp³-hybridized carbons (Fsp3) is 0.435. The number of carbonyl (C=O) groups is 3. The number of anilines is 2. The summed E-state index contributed by atoms with van der Waals surface area (Å²) in [6, 6.07) is 6.22. The van der Waals surface area contributed by atoms with Crippen molar-refractivity contribution in [3.8, 4) is 0 Å². The van der Waals surface area contributed by atoms with Crippen molar-refractivity contribution in [1.29, 1.82) is 0 Å². The molecule has 0 aliphatic carbocycles. The van der Waals surface area contributed by atoms with Crippen molar-refractivity contribution in [2.24, 2.45) is 5.41 Å². The van der Waals surface area contributed by atoms with Gasteiger partial charge in [0.05, 0.1) is 26.7 Å². The third kappa shape index (κ3) is 5.80. The summed E-state index contributed by atoms with van der Waals surface area (Å²) < 4.78 is 0. The minimum atomic E-state index is -0.719. The molecule has 4 amide bonds. The van der Waals surface area contributed by atoms with E-state index in [4.69, 9.17) is 23.2 Å². The zero-order valence-electron chi connectivity index (χ0n) is 19.3. The number of amides is 4. The van der Waals surface area contributed by atoms with E-state index in [0.29, 0.717) is 34.4 Å². The van der Waals surface area contributed by atoms with E-state index in [9.17, 15) is 14.4 Å². The lowest BCUT2D eigenvalue weighted by Crippen LogP contribution is -2.41. The molecule has 1 aliphatic rings. The molecule has 10 heteroatoms. The molecule has 33 heavy (non-hydrogen) atoms. The van der Waals surface area contributed by atoms with Gasteiger partial charge in [-0.3, -0.25) is 14.9 Å². The zero-order valence-corrected chi connectivity index (χ0v) is 21.6. The SMILES string of the molecule is CC1(C)CN(C(=O)c2cc(C(C)(C)C)sc2NC(=O)Nc2cccc(Cl)c2Cl)CCNC1=O. The highest BCUT2D eigenvalue weighted by atomic mass is 35.5. The minimum absolute atomic E-state index is 0.0883. The van der Waals surface area contributed by atoms with Crippen LogP contribution in [0.3, 0.4) is 0 Å². The van der Waals surface area contributed by atoms with Gasteiger partial charge in [-0.15, -0.1) is 11.3 Å². The Bertz CT molecular complexity index is 1090. The molecule has 2 heterocycles. The lowest BCUT2D eigenvalue weighted by Gasteiger charge is -2.27. The highest BCUT2D eigenvalue weighted by Gasteiger charge is 2.36. The maximum absolute atomic E-state index is 13.5. The summed E-state index contributed by atoms with van der Waals surface area (Å²) in [7, 11) is 0. The molecule has 0 radical (unpaired) electrons. The van der Waals surface area contributed by atoms with Crippen molar-refractivity contribution < 1.29 is 14.4 Å². The van der Waals surface area contributed by atoms with Gasteiger partial charge < -0.3 is 15.5 Å².